The van der Waals surface area contributed by atoms with Gasteiger partial charge < -0.3 is 9.47 Å². The van der Waals surface area contributed by atoms with Crippen LogP contribution in [0.2, 0.25) is 0 Å². The van der Waals surface area contributed by atoms with Crippen LogP contribution in [0.5, 0.6) is 5.88 Å². The Kier molecular flexibility index (Phi) is 5.02. The first-order chi connectivity index (χ1) is 8.28. The molecule has 0 amide bonds. The maximum atomic E-state index is 12.2. The molecule has 0 spiro atoms. The maximum absolute atomic E-state index is 12.2. The van der Waals surface area contributed by atoms with Crippen molar-refractivity contribution in [2.45, 2.75) is 12.2 Å². The lowest BCUT2D eigenvalue weighted by molar-refractivity contribution is -0.276. The molecule has 0 aromatic carbocycles. The van der Waals surface area contributed by atoms with Gasteiger partial charge in [0.15, 0.2) is 0 Å². The molecule has 0 N–H and O–H groups in total. The second kappa shape index (κ2) is 5.91. The van der Waals surface area contributed by atoms with E-state index < -0.39 is 23.8 Å². The summed E-state index contributed by atoms with van der Waals surface area (Å²) in [7, 11) is 1.04. The van der Waals surface area contributed by atoms with E-state index in [1.807, 2.05) is 0 Å². The molecule has 1 rings (SSSR count). The molecule has 4 nitrogen and oxygen atoms in total. The first-order valence-electron chi connectivity index (χ1n) is 4.38. The van der Waals surface area contributed by atoms with E-state index in [0.717, 1.165) is 13.2 Å². The average Bonchev–Trinajstić information content (AvgIpc) is 2.26. The molecule has 100 valence electrons. The summed E-state index contributed by atoms with van der Waals surface area (Å²) in [5.41, 5.74) is -0.0157. The number of carbonyl (C=O) groups is 1. The number of aromatic nitrogens is 1. The van der Waals surface area contributed by atoms with Crippen molar-refractivity contribution in [3.8, 4) is 5.88 Å². The van der Waals surface area contributed by atoms with Gasteiger partial charge in [-0.3, -0.25) is 0 Å². The highest BCUT2D eigenvalue weighted by atomic mass is 127. The Morgan fingerprint density at radius 3 is 2.61 bits per heavy atom. The zero-order chi connectivity index (χ0) is 13.9. The van der Waals surface area contributed by atoms with E-state index in [9.17, 15) is 18.0 Å². The van der Waals surface area contributed by atoms with Gasteiger partial charge in [-0.05, 0) is 34.2 Å². The van der Waals surface area contributed by atoms with E-state index in [0.29, 0.717) is 5.56 Å². The summed E-state index contributed by atoms with van der Waals surface area (Å²) in [5, 5.41) is 0. The SMILES string of the molecule is COC(=O)c1cc(CCl)c(I)nc1OC(F)(F)F. The van der Waals surface area contributed by atoms with Gasteiger partial charge in [0.25, 0.3) is 0 Å². The van der Waals surface area contributed by atoms with Gasteiger partial charge in [-0.1, -0.05) is 0 Å². The van der Waals surface area contributed by atoms with Gasteiger partial charge >= 0.3 is 12.3 Å². The number of esters is 1. The van der Waals surface area contributed by atoms with Crippen LogP contribution in [0.4, 0.5) is 13.2 Å². The summed E-state index contributed by atoms with van der Waals surface area (Å²) >= 11 is 7.27. The second-order valence-electron chi connectivity index (χ2n) is 2.96. The van der Waals surface area contributed by atoms with Crippen molar-refractivity contribution < 1.29 is 27.4 Å². The fraction of sp³-hybridized carbons (Fsp3) is 0.333. The number of nitrogens with zero attached hydrogens (tertiary/aromatic N) is 1. The number of ether oxygens (including phenoxy) is 2. The van der Waals surface area contributed by atoms with E-state index >= 15 is 0 Å². The van der Waals surface area contributed by atoms with Crippen molar-refractivity contribution in [2.75, 3.05) is 7.11 Å². The number of halogens is 5. The molecule has 0 aliphatic rings. The summed E-state index contributed by atoms with van der Waals surface area (Å²) in [4.78, 5) is 14.9. The number of hydrogen-bond donors (Lipinski definition) is 0. The predicted octanol–water partition coefficient (Wildman–Crippen LogP) is 3.11. The maximum Gasteiger partial charge on any atom is 0.574 e. The number of hydrogen-bond acceptors (Lipinski definition) is 4. The average molecular weight is 396 g/mol. The Balaban J connectivity index is 3.30. The topological polar surface area (TPSA) is 48.4 Å². The van der Waals surface area contributed by atoms with Gasteiger partial charge in [-0.2, -0.15) is 0 Å². The van der Waals surface area contributed by atoms with Crippen LogP contribution < -0.4 is 4.74 Å². The molecule has 0 bridgehead atoms. The Labute approximate surface area is 119 Å². The van der Waals surface area contributed by atoms with Crippen LogP contribution in [-0.2, 0) is 10.6 Å². The summed E-state index contributed by atoms with van der Waals surface area (Å²) < 4.78 is 44.7. The summed E-state index contributed by atoms with van der Waals surface area (Å²) in [5.74, 6) is -1.83. The molecule has 1 heterocycles. The van der Waals surface area contributed by atoms with Gasteiger partial charge in [-0.15, -0.1) is 24.8 Å². The van der Waals surface area contributed by atoms with E-state index in [1.54, 1.807) is 22.6 Å². The predicted molar refractivity (Wildman–Crippen MR) is 64.5 cm³/mol. The third kappa shape index (κ3) is 3.87. The van der Waals surface area contributed by atoms with Crippen LogP contribution >= 0.6 is 34.2 Å². The van der Waals surface area contributed by atoms with E-state index in [2.05, 4.69) is 14.5 Å². The number of alkyl halides is 4. The third-order valence-corrected chi connectivity index (χ3v) is 3.00. The zero-order valence-corrected chi connectivity index (χ0v) is 11.8. The van der Waals surface area contributed by atoms with Crippen LogP contribution in [0, 0.1) is 3.70 Å². The highest BCUT2D eigenvalue weighted by molar-refractivity contribution is 14.1. The minimum atomic E-state index is -4.94. The highest BCUT2D eigenvalue weighted by Gasteiger charge is 2.34. The monoisotopic (exact) mass is 395 g/mol. The van der Waals surface area contributed by atoms with Crippen molar-refractivity contribution in [1.82, 2.24) is 4.98 Å². The second-order valence-corrected chi connectivity index (χ2v) is 4.25. The zero-order valence-electron chi connectivity index (χ0n) is 8.85. The number of methoxy groups -OCH3 is 1. The molecular formula is C9H6ClF3INO3. The van der Waals surface area contributed by atoms with Gasteiger partial charge in [0.2, 0.25) is 5.88 Å². The standard InChI is InChI=1S/C9H6ClF3INO3/c1-17-8(16)5-2-4(3-10)6(14)15-7(5)18-9(11,12)13/h2H,3H2,1H3. The molecule has 1 aromatic heterocycles. The fourth-order valence-electron chi connectivity index (χ4n) is 1.05. The molecule has 0 saturated carbocycles. The molecule has 0 fully saturated rings. The molecule has 18 heavy (non-hydrogen) atoms. The molecule has 0 saturated heterocycles. The molecule has 0 atom stereocenters. The quantitative estimate of drug-likeness (QED) is 0.342. The minimum absolute atomic E-state index is 0.00155. The Morgan fingerprint density at radius 1 is 1.56 bits per heavy atom. The van der Waals surface area contributed by atoms with Crippen LogP contribution in [-0.4, -0.2) is 24.4 Å². The molecule has 0 unspecified atom stereocenters. The lowest BCUT2D eigenvalue weighted by Crippen LogP contribution is -2.21. The smallest absolute Gasteiger partial charge is 0.465 e. The van der Waals surface area contributed by atoms with Crippen LogP contribution in [0.25, 0.3) is 0 Å². The normalized spacial score (nSPS) is 11.2. The summed E-state index contributed by atoms with van der Waals surface area (Å²) in [6, 6.07) is 1.16. The first-order valence-corrected chi connectivity index (χ1v) is 5.99. The Hall–Kier alpha value is -0.770. The van der Waals surface area contributed by atoms with E-state index in [-0.39, 0.29) is 9.58 Å². The molecule has 0 aliphatic heterocycles. The number of pyridine rings is 1. The molecule has 0 radical (unpaired) electrons. The van der Waals surface area contributed by atoms with Crippen LogP contribution in [0.3, 0.4) is 0 Å². The van der Waals surface area contributed by atoms with Crippen molar-refractivity contribution in [1.29, 1.82) is 0 Å². The summed E-state index contributed by atoms with van der Waals surface area (Å²) in [6.45, 7) is 0. The van der Waals surface area contributed by atoms with Crippen molar-refractivity contribution in [3.05, 3.63) is 20.9 Å². The Morgan fingerprint density at radius 2 is 2.17 bits per heavy atom. The lowest BCUT2D eigenvalue weighted by Gasteiger charge is -2.12. The molecule has 0 aliphatic carbocycles. The molecular weight excluding hydrogens is 389 g/mol. The van der Waals surface area contributed by atoms with Gasteiger partial charge in [0.05, 0.1) is 7.11 Å². The third-order valence-electron chi connectivity index (χ3n) is 1.78. The summed E-state index contributed by atoms with van der Waals surface area (Å²) in [6.07, 6.45) is -4.94. The van der Waals surface area contributed by atoms with Crippen molar-refractivity contribution >= 4 is 40.2 Å². The molecule has 1 aromatic rings. The largest absolute Gasteiger partial charge is 0.574 e. The van der Waals surface area contributed by atoms with Crippen LogP contribution in [0.1, 0.15) is 15.9 Å². The van der Waals surface area contributed by atoms with Gasteiger partial charge in [-0.25, -0.2) is 9.78 Å². The van der Waals surface area contributed by atoms with E-state index in [1.165, 1.54) is 0 Å². The van der Waals surface area contributed by atoms with Crippen molar-refractivity contribution in [3.63, 3.8) is 0 Å². The Bertz CT molecular complexity index is 467. The molecule has 9 heteroatoms. The lowest BCUT2D eigenvalue weighted by atomic mass is 10.2. The number of rotatable bonds is 3. The van der Waals surface area contributed by atoms with Crippen molar-refractivity contribution in [2.24, 2.45) is 0 Å². The highest BCUT2D eigenvalue weighted by Crippen LogP contribution is 2.28. The first kappa shape index (κ1) is 15.3. The number of carbonyl (C=O) groups excluding carboxylic acids is 1. The minimum Gasteiger partial charge on any atom is -0.465 e. The van der Waals surface area contributed by atoms with Crippen LogP contribution in [0.15, 0.2) is 6.07 Å². The van der Waals surface area contributed by atoms with Gasteiger partial charge in [0, 0.05) is 5.88 Å². The van der Waals surface area contributed by atoms with E-state index in [4.69, 9.17) is 11.6 Å². The van der Waals surface area contributed by atoms with Gasteiger partial charge in [0.1, 0.15) is 9.26 Å². The fourth-order valence-corrected chi connectivity index (χ4v) is 2.05.